The fourth-order valence-electron chi connectivity index (χ4n) is 2.06. The number of carbonyl (C=O) groups excluding carboxylic acids is 1. The maximum absolute atomic E-state index is 12.4. The summed E-state index contributed by atoms with van der Waals surface area (Å²) in [6, 6.07) is 6.65. The molecule has 1 aromatic heterocycles. The predicted molar refractivity (Wildman–Crippen MR) is 83.6 cm³/mol. The Hall–Kier alpha value is -2.90. The number of carboxylic acid groups (broad SMARTS) is 1. The maximum atomic E-state index is 12.4. The molecule has 8 nitrogen and oxygen atoms in total. The van der Waals surface area contributed by atoms with Crippen molar-refractivity contribution in [3.05, 3.63) is 41.5 Å². The zero-order chi connectivity index (χ0) is 17.7. The summed E-state index contributed by atoms with van der Waals surface area (Å²) in [7, 11) is 1.57. The van der Waals surface area contributed by atoms with Gasteiger partial charge in [-0.1, -0.05) is 18.1 Å². The Balaban J connectivity index is 2.00. The molecule has 0 radical (unpaired) electrons. The summed E-state index contributed by atoms with van der Waals surface area (Å²) >= 11 is 0. The Morgan fingerprint density at radius 3 is 2.79 bits per heavy atom. The smallest absolute Gasteiger partial charge is 0.308 e. The van der Waals surface area contributed by atoms with Crippen LogP contribution in [-0.4, -0.2) is 45.6 Å². The van der Waals surface area contributed by atoms with Gasteiger partial charge in [0.25, 0.3) is 5.91 Å². The van der Waals surface area contributed by atoms with Crippen LogP contribution in [0.15, 0.2) is 28.8 Å². The molecule has 0 saturated heterocycles. The van der Waals surface area contributed by atoms with E-state index in [1.165, 1.54) is 4.90 Å². The van der Waals surface area contributed by atoms with Crippen molar-refractivity contribution in [3.63, 3.8) is 0 Å². The van der Waals surface area contributed by atoms with Crippen molar-refractivity contribution in [3.8, 4) is 5.75 Å². The van der Waals surface area contributed by atoms with Gasteiger partial charge in [0.15, 0.2) is 6.61 Å². The third kappa shape index (κ3) is 4.55. The molecule has 128 valence electrons. The Morgan fingerprint density at radius 1 is 1.42 bits per heavy atom. The molecule has 0 aliphatic carbocycles. The van der Waals surface area contributed by atoms with E-state index in [-0.39, 0.29) is 19.1 Å². The minimum absolute atomic E-state index is 0.126. The lowest BCUT2D eigenvalue weighted by atomic mass is 10.1. The quantitative estimate of drug-likeness (QED) is 0.822. The Kier molecular flexibility index (Phi) is 5.51. The number of hydrogen-bond acceptors (Lipinski definition) is 6. The molecule has 1 amide bonds. The van der Waals surface area contributed by atoms with E-state index in [1.54, 1.807) is 45.2 Å². The zero-order valence-electron chi connectivity index (χ0n) is 13.7. The second-order valence-corrected chi connectivity index (χ2v) is 5.47. The summed E-state index contributed by atoms with van der Waals surface area (Å²) in [6.07, 6.45) is 0. The number of carboxylic acids is 1. The Morgan fingerprint density at radius 2 is 2.17 bits per heavy atom. The van der Waals surface area contributed by atoms with Crippen LogP contribution < -0.4 is 4.74 Å². The maximum Gasteiger partial charge on any atom is 0.308 e. The lowest BCUT2D eigenvalue weighted by Crippen LogP contribution is -2.33. The Labute approximate surface area is 139 Å². The summed E-state index contributed by atoms with van der Waals surface area (Å²) in [6.45, 7) is 3.49. The van der Waals surface area contributed by atoms with Crippen molar-refractivity contribution in [1.29, 1.82) is 0 Å². The Bertz CT molecular complexity index is 728. The monoisotopic (exact) mass is 333 g/mol. The van der Waals surface area contributed by atoms with Crippen LogP contribution in [-0.2, 0) is 11.4 Å². The molecule has 2 aromatic rings. The summed E-state index contributed by atoms with van der Waals surface area (Å²) in [5.41, 5.74) is 0.414. The number of ether oxygens (including phenoxy) is 1. The number of carbonyl (C=O) groups is 2. The third-order valence-electron chi connectivity index (χ3n) is 3.33. The van der Waals surface area contributed by atoms with Crippen LogP contribution in [0.1, 0.15) is 29.0 Å². The van der Waals surface area contributed by atoms with E-state index in [2.05, 4.69) is 10.1 Å². The van der Waals surface area contributed by atoms with E-state index < -0.39 is 11.9 Å². The molecule has 0 saturated carbocycles. The van der Waals surface area contributed by atoms with Crippen LogP contribution in [0.4, 0.5) is 0 Å². The average molecular weight is 333 g/mol. The van der Waals surface area contributed by atoms with Gasteiger partial charge in [-0.25, -0.2) is 0 Å². The van der Waals surface area contributed by atoms with Crippen molar-refractivity contribution in [2.24, 2.45) is 5.92 Å². The molecular weight excluding hydrogens is 314 g/mol. The fourth-order valence-corrected chi connectivity index (χ4v) is 2.06. The van der Waals surface area contributed by atoms with Crippen molar-refractivity contribution in [1.82, 2.24) is 15.0 Å². The van der Waals surface area contributed by atoms with Gasteiger partial charge in [0, 0.05) is 26.1 Å². The van der Waals surface area contributed by atoms with Crippen LogP contribution in [0.3, 0.4) is 0 Å². The summed E-state index contributed by atoms with van der Waals surface area (Å²) < 4.78 is 10.4. The van der Waals surface area contributed by atoms with E-state index in [9.17, 15) is 9.59 Å². The van der Waals surface area contributed by atoms with Crippen LogP contribution in [0, 0.1) is 12.8 Å². The normalized spacial score (nSPS) is 11.8. The van der Waals surface area contributed by atoms with Gasteiger partial charge in [0.05, 0.1) is 5.92 Å². The molecule has 0 spiro atoms. The van der Waals surface area contributed by atoms with Crippen molar-refractivity contribution >= 4 is 11.9 Å². The molecule has 1 heterocycles. The number of aryl methyl sites for hydroxylation is 1. The number of hydrogen-bond donors (Lipinski definition) is 1. The molecule has 0 aliphatic heterocycles. The summed E-state index contributed by atoms with van der Waals surface area (Å²) in [5, 5.41) is 12.7. The average Bonchev–Trinajstić information content (AvgIpc) is 2.97. The van der Waals surface area contributed by atoms with Gasteiger partial charge in [-0.05, 0) is 18.2 Å². The number of rotatable bonds is 7. The minimum atomic E-state index is -0.942. The van der Waals surface area contributed by atoms with Gasteiger partial charge in [-0.3, -0.25) is 9.59 Å². The molecule has 1 aromatic carbocycles. The van der Waals surface area contributed by atoms with Crippen LogP contribution in [0.2, 0.25) is 0 Å². The summed E-state index contributed by atoms with van der Waals surface area (Å²) in [5.74, 6) is -0.503. The van der Waals surface area contributed by atoms with E-state index in [1.807, 2.05) is 0 Å². The highest BCUT2D eigenvalue weighted by Gasteiger charge is 2.19. The highest BCUT2D eigenvalue weighted by Crippen LogP contribution is 2.16. The summed E-state index contributed by atoms with van der Waals surface area (Å²) in [4.78, 5) is 28.7. The first-order valence-corrected chi connectivity index (χ1v) is 7.37. The molecule has 24 heavy (non-hydrogen) atoms. The SMILES string of the molecule is Cc1nc(COc2cccc(C(=O)N(C)CC(C)C(=O)O)c2)no1. The molecule has 0 bridgehead atoms. The van der Waals surface area contributed by atoms with Crippen molar-refractivity contribution in [2.45, 2.75) is 20.5 Å². The molecule has 0 aliphatic rings. The molecular formula is C16H19N3O5. The molecule has 8 heteroatoms. The molecule has 0 fully saturated rings. The highest BCUT2D eigenvalue weighted by molar-refractivity contribution is 5.94. The zero-order valence-corrected chi connectivity index (χ0v) is 13.7. The van der Waals surface area contributed by atoms with E-state index in [4.69, 9.17) is 14.4 Å². The number of aliphatic carboxylic acids is 1. The third-order valence-corrected chi connectivity index (χ3v) is 3.33. The van der Waals surface area contributed by atoms with Gasteiger partial charge < -0.3 is 19.3 Å². The molecule has 1 N–H and O–H groups in total. The standard InChI is InChI=1S/C16H19N3O5/c1-10(16(21)22)8-19(3)15(20)12-5-4-6-13(7-12)23-9-14-17-11(2)24-18-14/h4-7,10H,8-9H2,1-3H3,(H,21,22). The largest absolute Gasteiger partial charge is 0.485 e. The second kappa shape index (κ2) is 7.58. The van der Waals surface area contributed by atoms with E-state index >= 15 is 0 Å². The predicted octanol–water partition coefficient (Wildman–Crippen LogP) is 1.75. The second-order valence-electron chi connectivity index (χ2n) is 5.47. The minimum Gasteiger partial charge on any atom is -0.485 e. The van der Waals surface area contributed by atoms with Gasteiger partial charge in [-0.2, -0.15) is 4.98 Å². The van der Waals surface area contributed by atoms with Gasteiger partial charge in [-0.15, -0.1) is 0 Å². The van der Waals surface area contributed by atoms with Crippen LogP contribution in [0.5, 0.6) is 5.75 Å². The van der Waals surface area contributed by atoms with Crippen LogP contribution >= 0.6 is 0 Å². The topological polar surface area (TPSA) is 106 Å². The number of aromatic nitrogens is 2. The van der Waals surface area contributed by atoms with Crippen molar-refractivity contribution < 1.29 is 24.0 Å². The lowest BCUT2D eigenvalue weighted by molar-refractivity contribution is -0.141. The molecule has 1 atom stereocenters. The number of benzene rings is 1. The number of amides is 1. The van der Waals surface area contributed by atoms with Crippen molar-refractivity contribution in [2.75, 3.05) is 13.6 Å². The van der Waals surface area contributed by atoms with Gasteiger partial charge in [0.2, 0.25) is 11.7 Å². The van der Waals surface area contributed by atoms with Gasteiger partial charge in [0.1, 0.15) is 5.75 Å². The van der Waals surface area contributed by atoms with E-state index in [0.717, 1.165) is 0 Å². The molecule has 2 rings (SSSR count). The first-order chi connectivity index (χ1) is 11.4. The lowest BCUT2D eigenvalue weighted by Gasteiger charge is -2.19. The van der Waals surface area contributed by atoms with Gasteiger partial charge >= 0.3 is 5.97 Å². The number of nitrogens with zero attached hydrogens (tertiary/aromatic N) is 3. The first kappa shape index (κ1) is 17.5. The first-order valence-electron chi connectivity index (χ1n) is 7.37. The fraction of sp³-hybridized carbons (Fsp3) is 0.375. The van der Waals surface area contributed by atoms with E-state index in [0.29, 0.717) is 23.0 Å². The van der Waals surface area contributed by atoms with Crippen LogP contribution in [0.25, 0.3) is 0 Å². The highest BCUT2D eigenvalue weighted by atomic mass is 16.5. The molecule has 1 unspecified atom stereocenters.